The summed E-state index contributed by atoms with van der Waals surface area (Å²) >= 11 is 0. The van der Waals surface area contributed by atoms with Gasteiger partial charge in [0.1, 0.15) is 0 Å². The minimum atomic E-state index is 0.831. The molecule has 0 heterocycles. The monoisotopic (exact) mass is 207 g/mol. The SMILES string of the molecule is CCCCOCCCc1ccc(N)cc1. The van der Waals surface area contributed by atoms with Crippen LogP contribution in [0.2, 0.25) is 0 Å². The van der Waals surface area contributed by atoms with Gasteiger partial charge < -0.3 is 10.5 Å². The molecule has 0 aliphatic carbocycles. The lowest BCUT2D eigenvalue weighted by molar-refractivity contribution is 0.129. The van der Waals surface area contributed by atoms with Gasteiger partial charge in [0.15, 0.2) is 0 Å². The molecule has 15 heavy (non-hydrogen) atoms. The van der Waals surface area contributed by atoms with Crippen LogP contribution in [-0.4, -0.2) is 13.2 Å². The number of aryl methyl sites for hydroxylation is 1. The highest BCUT2D eigenvalue weighted by atomic mass is 16.5. The first-order valence-electron chi connectivity index (χ1n) is 5.75. The van der Waals surface area contributed by atoms with E-state index in [1.807, 2.05) is 12.1 Å². The van der Waals surface area contributed by atoms with Gasteiger partial charge in [-0.05, 0) is 37.0 Å². The molecule has 0 saturated carbocycles. The molecule has 0 fully saturated rings. The molecule has 0 unspecified atom stereocenters. The molecule has 0 atom stereocenters. The Morgan fingerprint density at radius 1 is 1.07 bits per heavy atom. The molecule has 2 nitrogen and oxygen atoms in total. The van der Waals surface area contributed by atoms with E-state index in [-0.39, 0.29) is 0 Å². The third-order valence-electron chi connectivity index (χ3n) is 2.38. The van der Waals surface area contributed by atoms with Crippen LogP contribution in [-0.2, 0) is 11.2 Å². The van der Waals surface area contributed by atoms with Gasteiger partial charge in [-0.15, -0.1) is 0 Å². The van der Waals surface area contributed by atoms with E-state index in [9.17, 15) is 0 Å². The van der Waals surface area contributed by atoms with E-state index in [1.165, 1.54) is 18.4 Å². The predicted octanol–water partition coefficient (Wildman–Crippen LogP) is 3.02. The number of ether oxygens (including phenoxy) is 1. The molecule has 2 N–H and O–H groups in total. The fraction of sp³-hybridized carbons (Fsp3) is 0.538. The molecule has 0 spiro atoms. The summed E-state index contributed by atoms with van der Waals surface area (Å²) in [7, 11) is 0. The molecule has 1 aromatic carbocycles. The Morgan fingerprint density at radius 2 is 1.73 bits per heavy atom. The normalized spacial score (nSPS) is 10.5. The maximum atomic E-state index is 5.61. The van der Waals surface area contributed by atoms with E-state index in [4.69, 9.17) is 10.5 Å². The molecule has 1 aromatic rings. The lowest BCUT2D eigenvalue weighted by atomic mass is 10.1. The molecule has 0 saturated heterocycles. The Balaban J connectivity index is 2.07. The number of nitrogens with two attached hydrogens (primary N) is 1. The quantitative estimate of drug-likeness (QED) is 0.551. The third-order valence-corrected chi connectivity index (χ3v) is 2.38. The van der Waals surface area contributed by atoms with Crippen molar-refractivity contribution < 1.29 is 4.74 Å². The molecule has 2 heteroatoms. The molecule has 0 aromatic heterocycles. The molecular formula is C13H21NO. The first kappa shape index (κ1) is 12.1. The number of hydrogen-bond acceptors (Lipinski definition) is 2. The molecule has 0 aliphatic heterocycles. The smallest absolute Gasteiger partial charge is 0.0469 e. The standard InChI is InChI=1S/C13H21NO/c1-2-3-10-15-11-4-5-12-6-8-13(14)9-7-12/h6-9H,2-5,10-11,14H2,1H3. The molecule has 0 bridgehead atoms. The average Bonchev–Trinajstić information content (AvgIpc) is 2.26. The molecule has 0 radical (unpaired) electrons. The second kappa shape index (κ2) is 7.30. The van der Waals surface area contributed by atoms with Gasteiger partial charge in [0.05, 0.1) is 0 Å². The van der Waals surface area contributed by atoms with E-state index in [0.29, 0.717) is 0 Å². The highest BCUT2D eigenvalue weighted by Crippen LogP contribution is 2.07. The Morgan fingerprint density at radius 3 is 2.40 bits per heavy atom. The zero-order chi connectivity index (χ0) is 10.9. The van der Waals surface area contributed by atoms with Crippen molar-refractivity contribution in [3.05, 3.63) is 29.8 Å². The van der Waals surface area contributed by atoms with Crippen molar-refractivity contribution in [2.45, 2.75) is 32.6 Å². The van der Waals surface area contributed by atoms with Crippen molar-refractivity contribution in [3.8, 4) is 0 Å². The Labute approximate surface area is 92.4 Å². The number of benzene rings is 1. The summed E-state index contributed by atoms with van der Waals surface area (Å²) in [6, 6.07) is 8.07. The molecule has 0 amide bonds. The van der Waals surface area contributed by atoms with Gasteiger partial charge in [-0.25, -0.2) is 0 Å². The minimum absolute atomic E-state index is 0.831. The maximum absolute atomic E-state index is 5.61. The van der Waals surface area contributed by atoms with Crippen LogP contribution in [0.3, 0.4) is 0 Å². The van der Waals surface area contributed by atoms with E-state index >= 15 is 0 Å². The van der Waals surface area contributed by atoms with Gasteiger partial charge in [0.25, 0.3) is 0 Å². The molecule has 84 valence electrons. The van der Waals surface area contributed by atoms with Crippen molar-refractivity contribution in [1.29, 1.82) is 0 Å². The zero-order valence-corrected chi connectivity index (χ0v) is 9.54. The average molecular weight is 207 g/mol. The summed E-state index contributed by atoms with van der Waals surface area (Å²) in [6.07, 6.45) is 4.54. The van der Waals surface area contributed by atoms with Crippen LogP contribution in [0, 0.1) is 0 Å². The predicted molar refractivity (Wildman–Crippen MR) is 64.9 cm³/mol. The number of anilines is 1. The van der Waals surface area contributed by atoms with Gasteiger partial charge in [0, 0.05) is 18.9 Å². The fourth-order valence-electron chi connectivity index (χ4n) is 1.41. The zero-order valence-electron chi connectivity index (χ0n) is 9.54. The Bertz CT molecular complexity index is 256. The molecule has 1 rings (SSSR count). The summed E-state index contributed by atoms with van der Waals surface area (Å²) in [5.74, 6) is 0. The highest BCUT2D eigenvalue weighted by Gasteiger charge is 1.93. The first-order valence-corrected chi connectivity index (χ1v) is 5.75. The van der Waals surface area contributed by atoms with Crippen LogP contribution in [0.15, 0.2) is 24.3 Å². The summed E-state index contributed by atoms with van der Waals surface area (Å²) < 4.78 is 5.49. The van der Waals surface area contributed by atoms with Gasteiger partial charge in [-0.2, -0.15) is 0 Å². The second-order valence-corrected chi connectivity index (χ2v) is 3.81. The Kier molecular flexibility index (Phi) is 5.86. The van der Waals surface area contributed by atoms with Crippen LogP contribution in [0.4, 0.5) is 5.69 Å². The number of unbranched alkanes of at least 4 members (excludes halogenated alkanes) is 1. The molecule has 0 aliphatic rings. The summed E-state index contributed by atoms with van der Waals surface area (Å²) in [4.78, 5) is 0. The van der Waals surface area contributed by atoms with Gasteiger partial charge in [0.2, 0.25) is 0 Å². The van der Waals surface area contributed by atoms with Gasteiger partial charge >= 0.3 is 0 Å². The van der Waals surface area contributed by atoms with Crippen LogP contribution in [0.25, 0.3) is 0 Å². The summed E-state index contributed by atoms with van der Waals surface area (Å²) in [5, 5.41) is 0. The van der Waals surface area contributed by atoms with Crippen molar-refractivity contribution >= 4 is 5.69 Å². The lowest BCUT2D eigenvalue weighted by Gasteiger charge is -2.03. The van der Waals surface area contributed by atoms with E-state index < -0.39 is 0 Å². The van der Waals surface area contributed by atoms with Crippen molar-refractivity contribution in [1.82, 2.24) is 0 Å². The van der Waals surface area contributed by atoms with Crippen molar-refractivity contribution in [3.63, 3.8) is 0 Å². The fourth-order valence-corrected chi connectivity index (χ4v) is 1.41. The number of rotatable bonds is 7. The maximum Gasteiger partial charge on any atom is 0.0469 e. The van der Waals surface area contributed by atoms with Crippen LogP contribution in [0.5, 0.6) is 0 Å². The summed E-state index contributed by atoms with van der Waals surface area (Å²) in [5.41, 5.74) is 7.78. The first-order chi connectivity index (χ1) is 7.33. The van der Waals surface area contributed by atoms with Gasteiger partial charge in [-0.1, -0.05) is 25.5 Å². The second-order valence-electron chi connectivity index (χ2n) is 3.81. The minimum Gasteiger partial charge on any atom is -0.399 e. The highest BCUT2D eigenvalue weighted by molar-refractivity contribution is 5.39. The molecular weight excluding hydrogens is 186 g/mol. The lowest BCUT2D eigenvalue weighted by Crippen LogP contribution is -1.98. The van der Waals surface area contributed by atoms with Crippen LogP contribution < -0.4 is 5.73 Å². The van der Waals surface area contributed by atoms with E-state index in [1.54, 1.807) is 0 Å². The van der Waals surface area contributed by atoms with E-state index in [0.717, 1.165) is 31.7 Å². The van der Waals surface area contributed by atoms with Crippen molar-refractivity contribution in [2.24, 2.45) is 0 Å². The number of hydrogen-bond donors (Lipinski definition) is 1. The van der Waals surface area contributed by atoms with Gasteiger partial charge in [-0.3, -0.25) is 0 Å². The Hall–Kier alpha value is -1.02. The number of nitrogen functional groups attached to an aromatic ring is 1. The third kappa shape index (κ3) is 5.43. The van der Waals surface area contributed by atoms with Crippen LogP contribution >= 0.6 is 0 Å². The summed E-state index contributed by atoms with van der Waals surface area (Å²) in [6.45, 7) is 3.94. The van der Waals surface area contributed by atoms with E-state index in [2.05, 4.69) is 19.1 Å². The van der Waals surface area contributed by atoms with Crippen LogP contribution in [0.1, 0.15) is 31.7 Å². The largest absolute Gasteiger partial charge is 0.399 e. The topological polar surface area (TPSA) is 35.2 Å². The van der Waals surface area contributed by atoms with Crippen molar-refractivity contribution in [2.75, 3.05) is 18.9 Å².